The van der Waals surface area contributed by atoms with E-state index in [2.05, 4.69) is 24.1 Å². The molecule has 0 radical (unpaired) electrons. The summed E-state index contributed by atoms with van der Waals surface area (Å²) in [5.74, 6) is 0. The van der Waals surface area contributed by atoms with Gasteiger partial charge in [-0.2, -0.15) is 0 Å². The van der Waals surface area contributed by atoms with Gasteiger partial charge >= 0.3 is 0 Å². The molecular weight excluding hydrogens is 200 g/mol. The van der Waals surface area contributed by atoms with E-state index in [-0.39, 0.29) is 0 Å². The van der Waals surface area contributed by atoms with Crippen LogP contribution in [0.1, 0.15) is 39.5 Å². The first-order chi connectivity index (χ1) is 7.74. The average molecular weight is 226 g/mol. The summed E-state index contributed by atoms with van der Waals surface area (Å²) in [5, 5.41) is 3.68. The Hall–Kier alpha value is -0.120. The molecule has 0 bridgehead atoms. The third-order valence-corrected chi connectivity index (χ3v) is 3.71. The lowest BCUT2D eigenvalue weighted by atomic mass is 10.2. The molecule has 0 aromatic heterocycles. The highest BCUT2D eigenvalue weighted by atomic mass is 16.5. The van der Waals surface area contributed by atoms with Gasteiger partial charge in [0.05, 0.1) is 12.2 Å². The van der Waals surface area contributed by atoms with Crippen molar-refractivity contribution in [2.45, 2.75) is 57.8 Å². The van der Waals surface area contributed by atoms with Crippen molar-refractivity contribution in [1.29, 1.82) is 0 Å². The van der Waals surface area contributed by atoms with Gasteiger partial charge in [-0.3, -0.25) is 4.90 Å². The minimum absolute atomic E-state index is 0.398. The summed E-state index contributed by atoms with van der Waals surface area (Å²) in [6.07, 6.45) is 6.41. The molecule has 94 valence electrons. The zero-order chi connectivity index (χ0) is 11.4. The smallest absolute Gasteiger partial charge is 0.0678 e. The van der Waals surface area contributed by atoms with Crippen LogP contribution in [0.3, 0.4) is 0 Å². The Bertz CT molecular complexity index is 194. The van der Waals surface area contributed by atoms with Crippen molar-refractivity contribution in [2.24, 2.45) is 0 Å². The van der Waals surface area contributed by atoms with Crippen LogP contribution in [-0.2, 0) is 4.74 Å². The highest BCUT2D eigenvalue weighted by molar-refractivity contribution is 4.76. The molecule has 0 aromatic rings. The minimum atomic E-state index is 0.398. The predicted molar refractivity (Wildman–Crippen MR) is 66.7 cm³/mol. The highest BCUT2D eigenvalue weighted by Crippen LogP contribution is 2.17. The molecule has 0 unspecified atom stereocenters. The molecule has 2 fully saturated rings. The predicted octanol–water partition coefficient (Wildman–Crippen LogP) is 1.63. The quantitative estimate of drug-likeness (QED) is 0.788. The summed E-state index contributed by atoms with van der Waals surface area (Å²) < 4.78 is 5.73. The lowest BCUT2D eigenvalue weighted by Gasteiger charge is -2.35. The Balaban J connectivity index is 1.61. The minimum Gasteiger partial charge on any atom is -0.373 e. The van der Waals surface area contributed by atoms with Crippen LogP contribution >= 0.6 is 0 Å². The molecule has 1 heterocycles. The van der Waals surface area contributed by atoms with Crippen LogP contribution in [0.15, 0.2) is 0 Å². The first kappa shape index (κ1) is 12.3. The standard InChI is InChI=1S/C13H26N2O/c1-11-9-15(10-12(2)16-11)8-7-14-13-5-3-4-6-13/h11-14H,3-10H2,1-2H3/t11-,12+. The Morgan fingerprint density at radius 1 is 1.12 bits per heavy atom. The number of morpholine rings is 1. The van der Waals surface area contributed by atoms with Crippen molar-refractivity contribution < 1.29 is 4.74 Å². The van der Waals surface area contributed by atoms with Crippen LogP contribution in [0.5, 0.6) is 0 Å². The van der Waals surface area contributed by atoms with Crippen LogP contribution in [0.2, 0.25) is 0 Å². The number of ether oxygens (including phenoxy) is 1. The maximum atomic E-state index is 5.73. The molecule has 0 aromatic carbocycles. The molecule has 16 heavy (non-hydrogen) atoms. The topological polar surface area (TPSA) is 24.5 Å². The molecule has 3 heteroatoms. The second-order valence-electron chi connectivity index (χ2n) is 5.45. The first-order valence-electron chi connectivity index (χ1n) is 6.85. The second-order valence-corrected chi connectivity index (χ2v) is 5.45. The second kappa shape index (κ2) is 5.99. The summed E-state index contributed by atoms with van der Waals surface area (Å²) in [7, 11) is 0. The summed E-state index contributed by atoms with van der Waals surface area (Å²) in [6.45, 7) is 8.85. The zero-order valence-electron chi connectivity index (χ0n) is 10.7. The van der Waals surface area contributed by atoms with Crippen LogP contribution in [0.4, 0.5) is 0 Å². The van der Waals surface area contributed by atoms with Gasteiger partial charge in [-0.25, -0.2) is 0 Å². The van der Waals surface area contributed by atoms with Crippen molar-refractivity contribution in [3.05, 3.63) is 0 Å². The third kappa shape index (κ3) is 3.72. The van der Waals surface area contributed by atoms with Crippen molar-refractivity contribution in [3.63, 3.8) is 0 Å². The van der Waals surface area contributed by atoms with Gasteiger partial charge in [0.25, 0.3) is 0 Å². The van der Waals surface area contributed by atoms with Crippen LogP contribution in [0, 0.1) is 0 Å². The fourth-order valence-electron chi connectivity index (χ4n) is 3.02. The van der Waals surface area contributed by atoms with Crippen LogP contribution in [-0.4, -0.2) is 49.3 Å². The molecule has 1 aliphatic carbocycles. The Kier molecular flexibility index (Phi) is 4.62. The number of nitrogens with one attached hydrogen (secondary N) is 1. The lowest BCUT2D eigenvalue weighted by molar-refractivity contribution is -0.0675. The number of hydrogen-bond donors (Lipinski definition) is 1. The largest absolute Gasteiger partial charge is 0.373 e. The summed E-state index contributed by atoms with van der Waals surface area (Å²) in [6, 6.07) is 0.802. The number of rotatable bonds is 4. The normalized spacial score (nSPS) is 33.4. The average Bonchev–Trinajstić information content (AvgIpc) is 2.69. The first-order valence-corrected chi connectivity index (χ1v) is 6.85. The van der Waals surface area contributed by atoms with Gasteiger partial charge in [-0.1, -0.05) is 12.8 Å². The molecule has 2 aliphatic rings. The van der Waals surface area contributed by atoms with E-state index >= 15 is 0 Å². The molecule has 3 nitrogen and oxygen atoms in total. The monoisotopic (exact) mass is 226 g/mol. The number of nitrogens with zero attached hydrogens (tertiary/aromatic N) is 1. The van der Waals surface area contributed by atoms with E-state index in [1.807, 2.05) is 0 Å². The van der Waals surface area contributed by atoms with Crippen molar-refractivity contribution in [1.82, 2.24) is 10.2 Å². The van der Waals surface area contributed by atoms with Gasteiger partial charge in [0, 0.05) is 32.2 Å². The van der Waals surface area contributed by atoms with Crippen LogP contribution in [0.25, 0.3) is 0 Å². The van der Waals surface area contributed by atoms with E-state index in [0.29, 0.717) is 12.2 Å². The Labute approximate surface area is 99.5 Å². The summed E-state index contributed by atoms with van der Waals surface area (Å²) in [5.41, 5.74) is 0. The highest BCUT2D eigenvalue weighted by Gasteiger charge is 2.22. The molecule has 1 N–H and O–H groups in total. The third-order valence-electron chi connectivity index (χ3n) is 3.71. The van der Waals surface area contributed by atoms with Gasteiger partial charge in [0.1, 0.15) is 0 Å². The van der Waals surface area contributed by atoms with E-state index in [4.69, 9.17) is 4.74 Å². The van der Waals surface area contributed by atoms with E-state index < -0.39 is 0 Å². The Morgan fingerprint density at radius 3 is 2.38 bits per heavy atom. The van der Waals surface area contributed by atoms with Gasteiger partial charge in [0.2, 0.25) is 0 Å². The van der Waals surface area contributed by atoms with E-state index in [0.717, 1.165) is 25.7 Å². The van der Waals surface area contributed by atoms with E-state index in [9.17, 15) is 0 Å². The molecule has 1 aliphatic heterocycles. The van der Waals surface area contributed by atoms with E-state index in [1.165, 1.54) is 32.2 Å². The van der Waals surface area contributed by atoms with Gasteiger partial charge < -0.3 is 10.1 Å². The summed E-state index contributed by atoms with van der Waals surface area (Å²) >= 11 is 0. The van der Waals surface area contributed by atoms with Gasteiger partial charge in [-0.05, 0) is 26.7 Å². The zero-order valence-corrected chi connectivity index (χ0v) is 10.7. The summed E-state index contributed by atoms with van der Waals surface area (Å²) in [4.78, 5) is 2.53. The molecule has 2 rings (SSSR count). The fraction of sp³-hybridized carbons (Fsp3) is 1.00. The Morgan fingerprint density at radius 2 is 1.75 bits per heavy atom. The molecule has 2 atom stereocenters. The molecule has 1 saturated carbocycles. The maximum Gasteiger partial charge on any atom is 0.0678 e. The fourth-order valence-corrected chi connectivity index (χ4v) is 3.02. The SMILES string of the molecule is C[C@@H]1CN(CCNC2CCCC2)C[C@H](C)O1. The van der Waals surface area contributed by atoms with Gasteiger partial charge in [0.15, 0.2) is 0 Å². The van der Waals surface area contributed by atoms with Crippen molar-refractivity contribution in [2.75, 3.05) is 26.2 Å². The molecule has 0 amide bonds. The maximum absolute atomic E-state index is 5.73. The molecule has 1 saturated heterocycles. The lowest BCUT2D eigenvalue weighted by Crippen LogP contribution is -2.48. The molecular formula is C13H26N2O. The number of hydrogen-bond acceptors (Lipinski definition) is 3. The van der Waals surface area contributed by atoms with Gasteiger partial charge in [-0.15, -0.1) is 0 Å². The molecule has 0 spiro atoms. The van der Waals surface area contributed by atoms with Crippen molar-refractivity contribution in [3.8, 4) is 0 Å². The van der Waals surface area contributed by atoms with E-state index in [1.54, 1.807) is 0 Å². The van der Waals surface area contributed by atoms with Crippen molar-refractivity contribution >= 4 is 0 Å². The van der Waals surface area contributed by atoms with Crippen LogP contribution < -0.4 is 5.32 Å².